The summed E-state index contributed by atoms with van der Waals surface area (Å²) in [5, 5.41) is 5.74. The summed E-state index contributed by atoms with van der Waals surface area (Å²) in [5.74, 6) is -4.63. The van der Waals surface area contributed by atoms with Crippen molar-refractivity contribution in [3.05, 3.63) is 141 Å². The standard InChI is InChI=1S/C27H31F7N2O2.C25H27F7N2O/c1-35(17-18-13-21(26(29,30)31)15-22(14-18)27(32,33)34)25(37)16-24(19-3-5-23(28)6-4-19)20-7-9-36(10-8-20)11-12-38-2;1-14(17-11-18(24(27,28)29)13-19(12-17)25(30,31)32)21(23(35)33-2)22(16-7-9-34-10-8-16)15-3-5-20(26)6-4-15/h3-6,13-15,20,24H,7-12,16-17H2,1-2H3;3-6,11-14,16,21-22,34H,7-10H2,1-2H3,(H,33,35). The van der Waals surface area contributed by atoms with Crippen molar-refractivity contribution in [2.45, 2.75) is 88.0 Å². The second-order valence-corrected chi connectivity index (χ2v) is 18.6. The van der Waals surface area contributed by atoms with Crippen LogP contribution in [0.25, 0.3) is 0 Å². The fourth-order valence-corrected chi connectivity index (χ4v) is 9.86. The third-order valence-electron chi connectivity index (χ3n) is 13.8. The van der Waals surface area contributed by atoms with Gasteiger partial charge in [-0.1, -0.05) is 31.2 Å². The summed E-state index contributed by atoms with van der Waals surface area (Å²) in [6.07, 6.45) is -17.1. The summed E-state index contributed by atoms with van der Waals surface area (Å²) in [6.45, 7) is 5.31. The SMILES string of the molecule is CNC(=O)C(C(C)c1cc(C(F)(F)F)cc(C(F)(F)F)c1)C(c1ccc(F)cc1)C1CCNCC1.COCCN1CCC(C(CC(=O)N(C)Cc2cc(C(F)(F)F)cc(C(F)(F)F)c2)c2ccc(F)cc2)CC1. The Balaban J connectivity index is 0.000000272. The lowest BCUT2D eigenvalue weighted by atomic mass is 9.67. The van der Waals surface area contributed by atoms with Gasteiger partial charge in [-0.05, 0) is 164 Å². The summed E-state index contributed by atoms with van der Waals surface area (Å²) in [4.78, 5) is 29.8. The molecule has 0 saturated carbocycles. The highest BCUT2D eigenvalue weighted by molar-refractivity contribution is 5.80. The van der Waals surface area contributed by atoms with Crippen LogP contribution in [0.5, 0.6) is 0 Å². The normalized spacial score (nSPS) is 17.2. The van der Waals surface area contributed by atoms with E-state index in [1.54, 1.807) is 19.2 Å². The zero-order chi connectivity index (χ0) is 54.1. The summed E-state index contributed by atoms with van der Waals surface area (Å²) in [6, 6.07) is 14.2. The first-order chi connectivity index (χ1) is 34.1. The summed E-state index contributed by atoms with van der Waals surface area (Å²) in [7, 11) is 4.35. The molecule has 0 spiro atoms. The van der Waals surface area contributed by atoms with E-state index >= 15 is 0 Å². The molecule has 4 aromatic carbocycles. The lowest BCUT2D eigenvalue weighted by Crippen LogP contribution is -2.41. The molecule has 2 N–H and O–H groups in total. The topological polar surface area (TPSA) is 73.9 Å². The Labute approximate surface area is 414 Å². The Hall–Kier alpha value is -5.28. The molecule has 2 aliphatic heterocycles. The Kier molecular flexibility index (Phi) is 19.9. The van der Waals surface area contributed by atoms with Crippen molar-refractivity contribution < 1.29 is 75.8 Å². The molecule has 2 fully saturated rings. The molecule has 2 amide bonds. The maximum Gasteiger partial charge on any atom is 0.416 e. The van der Waals surface area contributed by atoms with Gasteiger partial charge < -0.3 is 25.2 Å². The number of alkyl halides is 12. The molecule has 6 rings (SSSR count). The van der Waals surface area contributed by atoms with Crippen LogP contribution in [0.2, 0.25) is 0 Å². The Morgan fingerprint density at radius 3 is 1.56 bits per heavy atom. The van der Waals surface area contributed by atoms with Gasteiger partial charge in [0.2, 0.25) is 11.8 Å². The molecule has 4 unspecified atom stereocenters. The number of nitrogens with one attached hydrogen (secondary N) is 2. The van der Waals surface area contributed by atoms with Gasteiger partial charge in [0.1, 0.15) is 11.6 Å². The zero-order valence-electron chi connectivity index (χ0n) is 40.4. The minimum absolute atomic E-state index is 0.00401. The maximum atomic E-state index is 13.7. The lowest BCUT2D eigenvalue weighted by Gasteiger charge is -2.38. The predicted octanol–water partition coefficient (Wildman–Crippen LogP) is 12.5. The number of halogens is 14. The van der Waals surface area contributed by atoms with Crippen LogP contribution in [0.15, 0.2) is 84.9 Å². The maximum absolute atomic E-state index is 13.7. The van der Waals surface area contributed by atoms with Crippen LogP contribution in [-0.2, 0) is 45.6 Å². The molecular weight excluding hydrogens is 995 g/mol. The van der Waals surface area contributed by atoms with Crippen molar-refractivity contribution in [2.24, 2.45) is 17.8 Å². The second kappa shape index (κ2) is 24.8. The van der Waals surface area contributed by atoms with Crippen LogP contribution in [0.4, 0.5) is 61.5 Å². The van der Waals surface area contributed by atoms with Crippen LogP contribution >= 0.6 is 0 Å². The average molecular weight is 1050 g/mol. The minimum atomic E-state index is -5.00. The molecule has 0 radical (unpaired) electrons. The van der Waals surface area contributed by atoms with Crippen LogP contribution in [0.1, 0.15) is 101 Å². The van der Waals surface area contributed by atoms with Crippen molar-refractivity contribution in [1.82, 2.24) is 20.4 Å². The first kappa shape index (κ1) is 58.6. The fraction of sp³-hybridized carbons (Fsp3) is 0.500. The molecule has 21 heteroatoms. The molecule has 0 aromatic heterocycles. The summed E-state index contributed by atoms with van der Waals surface area (Å²) < 4.78 is 193. The number of hydrogen-bond donors (Lipinski definition) is 2. The molecule has 7 nitrogen and oxygen atoms in total. The second-order valence-electron chi connectivity index (χ2n) is 18.6. The molecule has 2 saturated heterocycles. The highest BCUT2D eigenvalue weighted by Gasteiger charge is 2.43. The van der Waals surface area contributed by atoms with Gasteiger partial charge in [0.15, 0.2) is 0 Å². The first-order valence-corrected chi connectivity index (χ1v) is 23.6. The van der Waals surface area contributed by atoms with Crippen molar-refractivity contribution in [3.63, 3.8) is 0 Å². The zero-order valence-corrected chi connectivity index (χ0v) is 40.4. The number of hydrogen-bond acceptors (Lipinski definition) is 5. The van der Waals surface area contributed by atoms with E-state index in [4.69, 9.17) is 4.74 Å². The highest BCUT2D eigenvalue weighted by atomic mass is 19.4. The van der Waals surface area contributed by atoms with Crippen molar-refractivity contribution in [1.29, 1.82) is 0 Å². The largest absolute Gasteiger partial charge is 0.416 e. The lowest BCUT2D eigenvalue weighted by molar-refractivity contribution is -0.144. The number of piperidine rings is 2. The number of methoxy groups -OCH3 is 1. The van der Waals surface area contributed by atoms with E-state index in [9.17, 15) is 71.1 Å². The molecule has 4 aromatic rings. The number of amides is 2. The molecule has 2 aliphatic rings. The fourth-order valence-electron chi connectivity index (χ4n) is 9.86. The van der Waals surface area contributed by atoms with Gasteiger partial charge in [0, 0.05) is 40.7 Å². The minimum Gasteiger partial charge on any atom is -0.383 e. The third-order valence-corrected chi connectivity index (χ3v) is 13.8. The van der Waals surface area contributed by atoms with Crippen molar-refractivity contribution in [2.75, 3.05) is 60.5 Å². The molecule has 73 heavy (non-hydrogen) atoms. The smallest absolute Gasteiger partial charge is 0.383 e. The van der Waals surface area contributed by atoms with Gasteiger partial charge in [0.25, 0.3) is 0 Å². The molecule has 0 bridgehead atoms. The molecule has 4 atom stereocenters. The van der Waals surface area contributed by atoms with Gasteiger partial charge in [-0.25, -0.2) is 8.78 Å². The van der Waals surface area contributed by atoms with Crippen LogP contribution in [0, 0.1) is 29.4 Å². The van der Waals surface area contributed by atoms with Crippen LogP contribution in [-0.4, -0.2) is 82.1 Å². The number of nitrogens with zero attached hydrogens (tertiary/aromatic N) is 2. The van der Waals surface area contributed by atoms with E-state index in [-0.39, 0.29) is 47.4 Å². The van der Waals surface area contributed by atoms with E-state index < -0.39 is 94.7 Å². The van der Waals surface area contributed by atoms with E-state index in [0.29, 0.717) is 62.4 Å². The van der Waals surface area contributed by atoms with Gasteiger partial charge in [-0.15, -0.1) is 0 Å². The quantitative estimate of drug-likeness (QED) is 0.116. The van der Waals surface area contributed by atoms with E-state index in [0.717, 1.165) is 42.9 Å². The molecule has 0 aliphatic carbocycles. The number of ether oxygens (including phenoxy) is 1. The van der Waals surface area contributed by atoms with E-state index in [2.05, 4.69) is 15.5 Å². The molecule has 402 valence electrons. The predicted molar refractivity (Wildman–Crippen MR) is 245 cm³/mol. The van der Waals surface area contributed by atoms with Gasteiger partial charge in [0.05, 0.1) is 34.8 Å². The molecule has 2 heterocycles. The Morgan fingerprint density at radius 1 is 0.671 bits per heavy atom. The number of carbonyl (C=O) groups excluding carboxylic acids is 2. The monoisotopic (exact) mass is 1050 g/mol. The van der Waals surface area contributed by atoms with Crippen LogP contribution in [0.3, 0.4) is 0 Å². The Morgan fingerprint density at radius 2 is 1.12 bits per heavy atom. The Bertz CT molecular complexity index is 2350. The van der Waals surface area contributed by atoms with Gasteiger partial charge in [-0.2, -0.15) is 52.7 Å². The summed E-state index contributed by atoms with van der Waals surface area (Å²) >= 11 is 0. The van der Waals surface area contributed by atoms with E-state index in [1.807, 2.05) is 0 Å². The number of benzene rings is 4. The molecular formula is C52H58F14N4O3. The van der Waals surface area contributed by atoms with Gasteiger partial charge >= 0.3 is 24.7 Å². The average Bonchev–Trinajstić information content (AvgIpc) is 3.33. The third kappa shape index (κ3) is 16.4. The number of carbonyl (C=O) groups is 2. The summed E-state index contributed by atoms with van der Waals surface area (Å²) in [5.41, 5.74) is -4.83. The van der Waals surface area contributed by atoms with Crippen molar-refractivity contribution >= 4 is 11.8 Å². The van der Waals surface area contributed by atoms with Crippen LogP contribution < -0.4 is 10.6 Å². The van der Waals surface area contributed by atoms with Crippen molar-refractivity contribution in [3.8, 4) is 0 Å². The number of rotatable bonds is 15. The van der Waals surface area contributed by atoms with E-state index in [1.165, 1.54) is 57.4 Å². The van der Waals surface area contributed by atoms with Gasteiger partial charge in [-0.3, -0.25) is 9.59 Å². The first-order valence-electron chi connectivity index (χ1n) is 23.6. The highest BCUT2D eigenvalue weighted by Crippen LogP contribution is 2.46. The number of likely N-dealkylation sites (tertiary alicyclic amines) is 1.